The predicted molar refractivity (Wildman–Crippen MR) is 141 cm³/mol. The third kappa shape index (κ3) is 4.79. The second-order valence-electron chi connectivity index (χ2n) is 8.51. The Labute approximate surface area is 211 Å². The molecule has 1 saturated carbocycles. The molecule has 0 aliphatic heterocycles. The SMILES string of the molecule is CS(=O)(=O)Nc1ccc2sc(C(=O)Nc3cc(Cl)cc(C4(c5ccc(Cl)cc5)CC4)c3)cc2c1. The number of carbonyl (C=O) groups excluding carboxylic acids is 1. The highest BCUT2D eigenvalue weighted by Gasteiger charge is 2.46. The zero-order valence-corrected chi connectivity index (χ0v) is 21.2. The monoisotopic (exact) mass is 530 g/mol. The Morgan fingerprint density at radius 2 is 1.62 bits per heavy atom. The summed E-state index contributed by atoms with van der Waals surface area (Å²) < 4.78 is 26.3. The summed E-state index contributed by atoms with van der Waals surface area (Å²) in [5.74, 6) is -0.247. The highest BCUT2D eigenvalue weighted by atomic mass is 35.5. The van der Waals surface area contributed by atoms with Gasteiger partial charge in [0.15, 0.2) is 0 Å². The van der Waals surface area contributed by atoms with Gasteiger partial charge in [0.1, 0.15) is 0 Å². The summed E-state index contributed by atoms with van der Waals surface area (Å²) in [6, 6.07) is 20.5. The van der Waals surface area contributed by atoms with Gasteiger partial charge in [-0.15, -0.1) is 11.3 Å². The first-order valence-electron chi connectivity index (χ1n) is 10.5. The van der Waals surface area contributed by atoms with E-state index in [1.165, 1.54) is 16.9 Å². The van der Waals surface area contributed by atoms with Crippen molar-refractivity contribution in [2.45, 2.75) is 18.3 Å². The molecule has 1 fully saturated rings. The Morgan fingerprint density at radius 1 is 0.882 bits per heavy atom. The largest absolute Gasteiger partial charge is 0.321 e. The molecule has 0 unspecified atom stereocenters. The van der Waals surface area contributed by atoms with E-state index in [1.54, 1.807) is 30.3 Å². The summed E-state index contributed by atoms with van der Waals surface area (Å²) in [6.07, 6.45) is 3.10. The standard InChI is InChI=1S/C25H20Cl2N2O3S2/c1-34(31,32)29-20-6-7-22-15(10-20)11-23(33-22)24(30)28-21-13-17(12-19(27)14-21)25(8-9-25)16-2-4-18(26)5-3-16/h2-7,10-14,29H,8-9H2,1H3,(H,28,30). The summed E-state index contributed by atoms with van der Waals surface area (Å²) in [5.41, 5.74) is 3.21. The number of fused-ring (bicyclic) bond motifs is 1. The second kappa shape index (κ2) is 8.57. The highest BCUT2D eigenvalue weighted by Crippen LogP contribution is 2.54. The Bertz CT molecular complexity index is 1530. The lowest BCUT2D eigenvalue weighted by molar-refractivity contribution is 0.103. The lowest BCUT2D eigenvalue weighted by atomic mass is 9.88. The second-order valence-corrected chi connectivity index (χ2v) is 12.2. The summed E-state index contributed by atoms with van der Waals surface area (Å²) in [6.45, 7) is 0. The summed E-state index contributed by atoms with van der Waals surface area (Å²) in [5, 5.41) is 5.01. The molecular weight excluding hydrogens is 511 g/mol. The van der Waals surface area contributed by atoms with Crippen molar-refractivity contribution < 1.29 is 13.2 Å². The third-order valence-electron chi connectivity index (χ3n) is 5.90. The van der Waals surface area contributed by atoms with E-state index < -0.39 is 10.0 Å². The van der Waals surface area contributed by atoms with Crippen LogP contribution in [0, 0.1) is 0 Å². The predicted octanol–water partition coefficient (Wildman–Crippen LogP) is 6.91. The number of halogens is 2. The fourth-order valence-electron chi connectivity index (χ4n) is 4.20. The average Bonchev–Trinajstić information content (AvgIpc) is 3.45. The third-order valence-corrected chi connectivity index (χ3v) is 8.09. The smallest absolute Gasteiger partial charge is 0.265 e. The topological polar surface area (TPSA) is 75.3 Å². The van der Waals surface area contributed by atoms with E-state index in [0.29, 0.717) is 26.3 Å². The summed E-state index contributed by atoms with van der Waals surface area (Å²) >= 11 is 13.8. The molecule has 34 heavy (non-hydrogen) atoms. The highest BCUT2D eigenvalue weighted by molar-refractivity contribution is 7.92. The van der Waals surface area contributed by atoms with Gasteiger partial charge in [-0.05, 0) is 84.0 Å². The maximum absolute atomic E-state index is 13.0. The van der Waals surface area contributed by atoms with E-state index in [1.807, 2.05) is 36.4 Å². The van der Waals surface area contributed by atoms with E-state index in [9.17, 15) is 13.2 Å². The molecule has 0 saturated heterocycles. The van der Waals surface area contributed by atoms with Crippen molar-refractivity contribution in [1.82, 2.24) is 0 Å². The van der Waals surface area contributed by atoms with Gasteiger partial charge in [-0.2, -0.15) is 0 Å². The van der Waals surface area contributed by atoms with E-state index in [-0.39, 0.29) is 11.3 Å². The molecule has 0 bridgehead atoms. The Hall–Kier alpha value is -2.58. The Balaban J connectivity index is 1.40. The van der Waals surface area contributed by atoms with Crippen molar-refractivity contribution in [2.24, 2.45) is 0 Å². The van der Waals surface area contributed by atoms with Crippen molar-refractivity contribution in [2.75, 3.05) is 16.3 Å². The van der Waals surface area contributed by atoms with Gasteiger partial charge in [-0.25, -0.2) is 8.42 Å². The van der Waals surface area contributed by atoms with E-state index in [4.69, 9.17) is 23.2 Å². The van der Waals surface area contributed by atoms with Gasteiger partial charge >= 0.3 is 0 Å². The van der Waals surface area contributed by atoms with Crippen LogP contribution in [0.15, 0.2) is 66.7 Å². The molecule has 0 atom stereocenters. The van der Waals surface area contributed by atoms with Crippen LogP contribution in [0.5, 0.6) is 0 Å². The van der Waals surface area contributed by atoms with Gasteiger partial charge in [0.25, 0.3) is 5.91 Å². The first-order chi connectivity index (χ1) is 16.1. The molecule has 1 aliphatic rings. The summed E-state index contributed by atoms with van der Waals surface area (Å²) in [7, 11) is -3.38. The molecule has 5 rings (SSSR count). The molecular formula is C25H20Cl2N2O3S2. The molecule has 0 spiro atoms. The number of benzene rings is 3. The molecule has 1 amide bonds. The minimum absolute atomic E-state index is 0.115. The molecule has 1 aliphatic carbocycles. The normalized spacial score (nSPS) is 14.7. The molecule has 1 heterocycles. The quantitative estimate of drug-likeness (QED) is 0.284. The average molecular weight is 531 g/mol. The zero-order valence-electron chi connectivity index (χ0n) is 18.1. The lowest BCUT2D eigenvalue weighted by Crippen LogP contribution is -2.13. The van der Waals surface area contributed by atoms with Crippen LogP contribution in [-0.4, -0.2) is 20.6 Å². The van der Waals surface area contributed by atoms with E-state index in [2.05, 4.69) is 10.0 Å². The molecule has 3 aromatic carbocycles. The van der Waals surface area contributed by atoms with Crippen molar-refractivity contribution in [3.63, 3.8) is 0 Å². The van der Waals surface area contributed by atoms with Crippen LogP contribution >= 0.6 is 34.5 Å². The van der Waals surface area contributed by atoms with Crippen LogP contribution in [0.3, 0.4) is 0 Å². The van der Waals surface area contributed by atoms with Gasteiger partial charge in [0.2, 0.25) is 10.0 Å². The number of sulfonamides is 1. The summed E-state index contributed by atoms with van der Waals surface area (Å²) in [4.78, 5) is 13.5. The van der Waals surface area contributed by atoms with Crippen LogP contribution in [0.4, 0.5) is 11.4 Å². The number of nitrogens with one attached hydrogen (secondary N) is 2. The molecule has 174 valence electrons. The van der Waals surface area contributed by atoms with Gasteiger partial charge in [-0.3, -0.25) is 9.52 Å². The van der Waals surface area contributed by atoms with E-state index in [0.717, 1.165) is 34.7 Å². The number of hydrogen-bond donors (Lipinski definition) is 2. The van der Waals surface area contributed by atoms with Gasteiger partial charge in [-0.1, -0.05) is 35.3 Å². The fourth-order valence-corrected chi connectivity index (χ4v) is 6.06. The molecule has 2 N–H and O–H groups in total. The molecule has 4 aromatic rings. The Kier molecular flexibility index (Phi) is 5.84. The first kappa shape index (κ1) is 23.2. The first-order valence-corrected chi connectivity index (χ1v) is 14.0. The van der Waals surface area contributed by atoms with Crippen molar-refractivity contribution in [3.05, 3.63) is 92.8 Å². The maximum atomic E-state index is 13.0. The lowest BCUT2D eigenvalue weighted by Gasteiger charge is -2.18. The molecule has 5 nitrogen and oxygen atoms in total. The van der Waals surface area contributed by atoms with E-state index >= 15 is 0 Å². The minimum atomic E-state index is -3.38. The van der Waals surface area contributed by atoms with Crippen molar-refractivity contribution in [3.8, 4) is 0 Å². The number of hydrogen-bond acceptors (Lipinski definition) is 4. The fraction of sp³-hybridized carbons (Fsp3) is 0.160. The van der Waals surface area contributed by atoms with Crippen LogP contribution in [0.25, 0.3) is 10.1 Å². The van der Waals surface area contributed by atoms with Crippen molar-refractivity contribution >= 4 is 71.9 Å². The number of amides is 1. The van der Waals surface area contributed by atoms with Crippen LogP contribution in [0.2, 0.25) is 10.0 Å². The van der Waals surface area contributed by atoms with Gasteiger partial charge in [0, 0.05) is 31.5 Å². The van der Waals surface area contributed by atoms with Gasteiger partial charge < -0.3 is 5.32 Å². The number of anilines is 2. The maximum Gasteiger partial charge on any atom is 0.265 e. The van der Waals surface area contributed by atoms with Crippen LogP contribution in [-0.2, 0) is 15.4 Å². The van der Waals surface area contributed by atoms with Crippen LogP contribution < -0.4 is 10.0 Å². The van der Waals surface area contributed by atoms with Crippen LogP contribution in [0.1, 0.15) is 33.6 Å². The molecule has 9 heteroatoms. The zero-order chi connectivity index (χ0) is 24.1. The number of carbonyl (C=O) groups is 1. The minimum Gasteiger partial charge on any atom is -0.321 e. The van der Waals surface area contributed by atoms with Crippen molar-refractivity contribution in [1.29, 1.82) is 0 Å². The Morgan fingerprint density at radius 3 is 2.29 bits per heavy atom. The van der Waals surface area contributed by atoms with Gasteiger partial charge in [0.05, 0.1) is 11.1 Å². The molecule has 0 radical (unpaired) electrons. The number of rotatable bonds is 6. The molecule has 1 aromatic heterocycles. The number of thiophene rings is 1.